The zero-order chi connectivity index (χ0) is 13.5. The van der Waals surface area contributed by atoms with Gasteiger partial charge in [0.15, 0.2) is 6.04 Å². The smallest absolute Gasteiger partial charge is 0.332 e. The average Bonchev–Trinajstić information content (AvgIpc) is 2.60. The lowest BCUT2D eigenvalue weighted by Crippen LogP contribution is -2.51. The lowest BCUT2D eigenvalue weighted by Gasteiger charge is -2.47. The summed E-state index contributed by atoms with van der Waals surface area (Å²) in [7, 11) is 1.39. The summed E-state index contributed by atoms with van der Waals surface area (Å²) >= 11 is 0. The molecule has 0 fully saturated rings. The van der Waals surface area contributed by atoms with Gasteiger partial charge in [0.2, 0.25) is 0 Å². The molecule has 0 saturated heterocycles. The summed E-state index contributed by atoms with van der Waals surface area (Å²) < 4.78 is 4.76. The minimum Gasteiger partial charge on any atom is -0.467 e. The molecule has 17 heavy (non-hydrogen) atoms. The molecular weight excluding hydrogens is 216 g/mol. The van der Waals surface area contributed by atoms with Crippen LogP contribution in [0.25, 0.3) is 0 Å². The van der Waals surface area contributed by atoms with Crippen LogP contribution in [-0.4, -0.2) is 24.7 Å². The third kappa shape index (κ3) is 2.22. The Bertz CT molecular complexity index is 320. The molecule has 0 aliphatic carbocycles. The molecule has 0 N–H and O–H groups in total. The van der Waals surface area contributed by atoms with Gasteiger partial charge in [0.05, 0.1) is 12.6 Å². The van der Waals surface area contributed by atoms with Crippen molar-refractivity contribution in [3.8, 4) is 0 Å². The van der Waals surface area contributed by atoms with Crippen LogP contribution in [0.15, 0.2) is 10.2 Å². The molecule has 0 amide bonds. The van der Waals surface area contributed by atoms with Crippen LogP contribution in [0.4, 0.5) is 0 Å². The van der Waals surface area contributed by atoms with E-state index in [1.54, 1.807) is 0 Å². The summed E-state index contributed by atoms with van der Waals surface area (Å²) in [5.74, 6) is -0.288. The Kier molecular flexibility index (Phi) is 3.38. The highest BCUT2D eigenvalue weighted by Crippen LogP contribution is 2.53. The number of hydrogen-bond acceptors (Lipinski definition) is 4. The van der Waals surface area contributed by atoms with Gasteiger partial charge in [-0.2, -0.15) is 10.2 Å². The SMILES string of the molecule is COC(=O)C1CC(C(C)(C)C)(C(C)(C)C)N=N1. The summed E-state index contributed by atoms with van der Waals surface area (Å²) in [4.78, 5) is 11.6. The number of esters is 1. The molecule has 1 aliphatic heterocycles. The van der Waals surface area contributed by atoms with Gasteiger partial charge in [-0.15, -0.1) is 0 Å². The van der Waals surface area contributed by atoms with Gasteiger partial charge in [-0.05, 0) is 10.8 Å². The molecule has 4 heteroatoms. The molecule has 1 unspecified atom stereocenters. The van der Waals surface area contributed by atoms with E-state index in [0.29, 0.717) is 6.42 Å². The Morgan fingerprint density at radius 2 is 1.65 bits per heavy atom. The second kappa shape index (κ2) is 4.07. The maximum atomic E-state index is 11.6. The predicted octanol–water partition coefficient (Wildman–Crippen LogP) is 3.21. The van der Waals surface area contributed by atoms with Crippen LogP contribution in [0.2, 0.25) is 0 Å². The first-order valence-corrected chi connectivity index (χ1v) is 6.05. The Morgan fingerprint density at radius 1 is 1.18 bits per heavy atom. The van der Waals surface area contributed by atoms with Crippen LogP contribution in [0, 0.1) is 10.8 Å². The van der Waals surface area contributed by atoms with Gasteiger partial charge >= 0.3 is 5.97 Å². The number of ether oxygens (including phenoxy) is 1. The van der Waals surface area contributed by atoms with Crippen LogP contribution in [0.1, 0.15) is 48.0 Å². The first-order chi connectivity index (χ1) is 7.55. The van der Waals surface area contributed by atoms with E-state index in [9.17, 15) is 4.79 Å². The molecule has 0 spiro atoms. The standard InChI is InChI=1S/C13H24N2O2/c1-11(2,3)13(12(4,5)6)8-9(14-15-13)10(16)17-7/h9H,8H2,1-7H3. The topological polar surface area (TPSA) is 51.0 Å². The van der Waals surface area contributed by atoms with Crippen molar-refractivity contribution in [3.05, 3.63) is 0 Å². The number of rotatable bonds is 1. The highest BCUT2D eigenvalue weighted by atomic mass is 16.5. The minimum absolute atomic E-state index is 0.0441. The highest BCUT2D eigenvalue weighted by Gasteiger charge is 2.56. The zero-order valence-corrected chi connectivity index (χ0v) is 12.0. The fourth-order valence-electron chi connectivity index (χ4n) is 2.83. The molecule has 0 radical (unpaired) electrons. The summed E-state index contributed by atoms with van der Waals surface area (Å²) in [6, 6.07) is -0.446. The van der Waals surface area contributed by atoms with Crippen molar-refractivity contribution in [1.82, 2.24) is 0 Å². The molecule has 0 aromatic rings. The molecular formula is C13H24N2O2. The van der Waals surface area contributed by atoms with Gasteiger partial charge in [-0.3, -0.25) is 0 Å². The van der Waals surface area contributed by atoms with Crippen molar-refractivity contribution in [3.63, 3.8) is 0 Å². The van der Waals surface area contributed by atoms with Crippen LogP contribution >= 0.6 is 0 Å². The molecule has 0 saturated carbocycles. The van der Waals surface area contributed by atoms with Crippen molar-refractivity contribution in [2.24, 2.45) is 21.1 Å². The molecule has 0 aromatic carbocycles. The number of hydrogen-bond donors (Lipinski definition) is 0. The predicted molar refractivity (Wildman–Crippen MR) is 66.9 cm³/mol. The van der Waals surface area contributed by atoms with Crippen molar-refractivity contribution in [1.29, 1.82) is 0 Å². The van der Waals surface area contributed by atoms with Crippen LogP contribution in [-0.2, 0) is 9.53 Å². The third-order valence-electron chi connectivity index (χ3n) is 3.81. The van der Waals surface area contributed by atoms with E-state index in [4.69, 9.17) is 4.74 Å². The van der Waals surface area contributed by atoms with E-state index in [0.717, 1.165) is 0 Å². The fourth-order valence-corrected chi connectivity index (χ4v) is 2.83. The van der Waals surface area contributed by atoms with Gasteiger partial charge in [0.1, 0.15) is 0 Å². The molecule has 98 valence electrons. The molecule has 1 aliphatic rings. The van der Waals surface area contributed by atoms with Crippen LogP contribution in [0.5, 0.6) is 0 Å². The molecule has 4 nitrogen and oxygen atoms in total. The van der Waals surface area contributed by atoms with E-state index in [2.05, 4.69) is 51.8 Å². The van der Waals surface area contributed by atoms with Gasteiger partial charge < -0.3 is 4.74 Å². The number of azo groups is 1. The van der Waals surface area contributed by atoms with Crippen molar-refractivity contribution >= 4 is 5.97 Å². The summed E-state index contributed by atoms with van der Waals surface area (Å²) in [5, 5.41) is 8.63. The zero-order valence-electron chi connectivity index (χ0n) is 12.0. The highest BCUT2D eigenvalue weighted by molar-refractivity contribution is 5.76. The summed E-state index contributed by atoms with van der Waals surface area (Å²) in [6.45, 7) is 12.9. The number of nitrogens with zero attached hydrogens (tertiary/aromatic N) is 2. The first kappa shape index (κ1) is 14.1. The Hall–Kier alpha value is -0.930. The van der Waals surface area contributed by atoms with Gasteiger partial charge in [0.25, 0.3) is 0 Å². The summed E-state index contributed by atoms with van der Waals surface area (Å²) in [6.07, 6.45) is 0.632. The van der Waals surface area contributed by atoms with Gasteiger partial charge in [0, 0.05) is 6.42 Å². The van der Waals surface area contributed by atoms with Crippen molar-refractivity contribution < 1.29 is 9.53 Å². The lowest BCUT2D eigenvalue weighted by atomic mass is 9.58. The number of methoxy groups -OCH3 is 1. The Balaban J connectivity index is 3.10. The monoisotopic (exact) mass is 240 g/mol. The van der Waals surface area contributed by atoms with Crippen LogP contribution in [0.3, 0.4) is 0 Å². The molecule has 0 bridgehead atoms. The van der Waals surface area contributed by atoms with Gasteiger partial charge in [-0.1, -0.05) is 41.5 Å². The number of carbonyl (C=O) groups is 1. The minimum atomic E-state index is -0.446. The normalized spacial score (nSPS) is 23.8. The second-order valence-corrected chi connectivity index (χ2v) is 6.82. The van der Waals surface area contributed by atoms with Crippen molar-refractivity contribution in [2.45, 2.75) is 59.5 Å². The third-order valence-corrected chi connectivity index (χ3v) is 3.81. The maximum absolute atomic E-state index is 11.6. The van der Waals surface area contributed by atoms with E-state index in [-0.39, 0.29) is 22.3 Å². The van der Waals surface area contributed by atoms with Crippen molar-refractivity contribution in [2.75, 3.05) is 7.11 Å². The van der Waals surface area contributed by atoms with Gasteiger partial charge in [-0.25, -0.2) is 4.79 Å². The first-order valence-electron chi connectivity index (χ1n) is 6.05. The Morgan fingerprint density at radius 3 is 1.94 bits per heavy atom. The molecule has 1 rings (SSSR count). The molecule has 0 aromatic heterocycles. The van der Waals surface area contributed by atoms with E-state index >= 15 is 0 Å². The largest absolute Gasteiger partial charge is 0.467 e. The van der Waals surface area contributed by atoms with E-state index in [1.165, 1.54) is 7.11 Å². The lowest BCUT2D eigenvalue weighted by molar-refractivity contribution is -0.142. The second-order valence-electron chi connectivity index (χ2n) is 6.82. The molecule has 1 atom stereocenters. The Labute approximate surface area is 104 Å². The van der Waals surface area contributed by atoms with E-state index in [1.807, 2.05) is 0 Å². The average molecular weight is 240 g/mol. The van der Waals surface area contributed by atoms with E-state index < -0.39 is 6.04 Å². The maximum Gasteiger partial charge on any atom is 0.332 e. The summed E-state index contributed by atoms with van der Waals surface area (Å²) in [5.41, 5.74) is -0.409. The number of carbonyl (C=O) groups excluding carboxylic acids is 1. The quantitative estimate of drug-likeness (QED) is 0.661. The fraction of sp³-hybridized carbons (Fsp3) is 0.923. The molecule has 1 heterocycles. The van der Waals surface area contributed by atoms with Crippen LogP contribution < -0.4 is 0 Å².